The predicted octanol–water partition coefficient (Wildman–Crippen LogP) is 3.76. The number of esters is 1. The van der Waals surface area contributed by atoms with E-state index in [1.54, 1.807) is 11.6 Å². The minimum atomic E-state index is -0.372. The summed E-state index contributed by atoms with van der Waals surface area (Å²) < 4.78 is 6.74. The lowest BCUT2D eigenvalue weighted by molar-refractivity contribution is 0.0525. The van der Waals surface area contributed by atoms with Crippen LogP contribution in [0.2, 0.25) is 0 Å². The van der Waals surface area contributed by atoms with E-state index in [0.717, 1.165) is 25.1 Å². The van der Waals surface area contributed by atoms with Gasteiger partial charge in [-0.3, -0.25) is 4.79 Å². The van der Waals surface area contributed by atoms with E-state index in [0.29, 0.717) is 29.5 Å². The van der Waals surface area contributed by atoms with Gasteiger partial charge in [0.05, 0.1) is 24.2 Å². The van der Waals surface area contributed by atoms with Crippen LogP contribution in [-0.2, 0) is 4.74 Å². The van der Waals surface area contributed by atoms with Crippen LogP contribution in [0.5, 0.6) is 0 Å². The van der Waals surface area contributed by atoms with E-state index in [4.69, 9.17) is 4.74 Å². The fourth-order valence-corrected chi connectivity index (χ4v) is 3.77. The lowest BCUT2D eigenvalue weighted by Crippen LogP contribution is -2.38. The zero-order chi connectivity index (χ0) is 19.4. The molecule has 1 heterocycles. The molecule has 2 aromatic rings. The Morgan fingerprint density at radius 2 is 1.85 bits per heavy atom. The topological polar surface area (TPSA) is 64.4 Å². The highest BCUT2D eigenvalue weighted by Crippen LogP contribution is 2.25. The minimum Gasteiger partial charge on any atom is -0.462 e. The molecule has 1 saturated carbocycles. The zero-order valence-electron chi connectivity index (χ0n) is 16.3. The van der Waals surface area contributed by atoms with Crippen LogP contribution in [0.3, 0.4) is 0 Å². The van der Waals surface area contributed by atoms with Crippen LogP contribution in [0.25, 0.3) is 5.69 Å². The molecule has 0 bridgehead atoms. The van der Waals surface area contributed by atoms with Crippen LogP contribution in [0.15, 0.2) is 30.5 Å². The summed E-state index contributed by atoms with van der Waals surface area (Å²) in [7, 11) is 0. The number of carbonyl (C=O) groups excluding carboxylic acids is 2. The summed E-state index contributed by atoms with van der Waals surface area (Å²) in [4.78, 5) is 26.8. The Morgan fingerprint density at radius 3 is 2.44 bits per heavy atom. The summed E-state index contributed by atoms with van der Waals surface area (Å²) in [6, 6.07) is 7.76. The highest BCUT2D eigenvalue weighted by atomic mass is 16.5. The number of hydrogen-bond donors (Lipinski definition) is 0. The second-order valence-electron chi connectivity index (χ2n) is 6.85. The first-order chi connectivity index (χ1) is 13.1. The molecule has 1 aromatic heterocycles. The van der Waals surface area contributed by atoms with Gasteiger partial charge in [-0.2, -0.15) is 5.10 Å². The van der Waals surface area contributed by atoms with Crippen LogP contribution < -0.4 is 0 Å². The number of benzene rings is 1. The summed E-state index contributed by atoms with van der Waals surface area (Å²) in [6.45, 7) is 6.70. The molecule has 6 heteroatoms. The normalized spacial score (nSPS) is 14.3. The van der Waals surface area contributed by atoms with Crippen molar-refractivity contribution in [3.05, 3.63) is 47.3 Å². The quantitative estimate of drug-likeness (QED) is 0.727. The second-order valence-corrected chi connectivity index (χ2v) is 6.85. The molecular weight excluding hydrogens is 342 g/mol. The Balaban J connectivity index is 1.79. The summed E-state index contributed by atoms with van der Waals surface area (Å²) in [5.41, 5.74) is 2.66. The van der Waals surface area contributed by atoms with E-state index in [1.165, 1.54) is 19.0 Å². The third kappa shape index (κ3) is 3.89. The van der Waals surface area contributed by atoms with Crippen molar-refractivity contribution in [3.8, 4) is 5.69 Å². The molecule has 0 spiro atoms. The molecule has 1 aliphatic carbocycles. The van der Waals surface area contributed by atoms with Crippen LogP contribution in [-0.4, -0.2) is 45.8 Å². The minimum absolute atomic E-state index is 0.0837. The van der Waals surface area contributed by atoms with E-state index in [9.17, 15) is 9.59 Å². The van der Waals surface area contributed by atoms with Crippen molar-refractivity contribution < 1.29 is 14.3 Å². The third-order valence-electron chi connectivity index (χ3n) is 5.23. The van der Waals surface area contributed by atoms with Crippen molar-refractivity contribution >= 4 is 11.9 Å². The standard InChI is InChI=1S/C21H27N3O3/c1-4-23(17-8-6-7-9-17)20(25)16-10-12-18(13-11-16)24-15(3)19(14-22-24)21(26)27-5-2/h10-14,17H,4-9H2,1-3H3. The molecule has 0 radical (unpaired) electrons. The highest BCUT2D eigenvalue weighted by Gasteiger charge is 2.26. The summed E-state index contributed by atoms with van der Waals surface area (Å²) in [5.74, 6) is -0.288. The summed E-state index contributed by atoms with van der Waals surface area (Å²) in [5, 5.41) is 4.30. The molecule has 3 rings (SSSR count). The molecule has 6 nitrogen and oxygen atoms in total. The molecule has 0 saturated heterocycles. The predicted molar refractivity (Wildman–Crippen MR) is 103 cm³/mol. The zero-order valence-corrected chi connectivity index (χ0v) is 16.3. The molecule has 1 aromatic carbocycles. The van der Waals surface area contributed by atoms with E-state index in [1.807, 2.05) is 43.0 Å². The van der Waals surface area contributed by atoms with Gasteiger partial charge in [-0.25, -0.2) is 9.48 Å². The van der Waals surface area contributed by atoms with Gasteiger partial charge in [0.25, 0.3) is 5.91 Å². The summed E-state index contributed by atoms with van der Waals surface area (Å²) in [6.07, 6.45) is 6.12. The van der Waals surface area contributed by atoms with Crippen LogP contribution in [0.1, 0.15) is 65.9 Å². The fourth-order valence-electron chi connectivity index (χ4n) is 3.77. The number of hydrogen-bond acceptors (Lipinski definition) is 4. The lowest BCUT2D eigenvalue weighted by Gasteiger charge is -2.27. The number of nitrogens with zero attached hydrogens (tertiary/aromatic N) is 3. The first-order valence-corrected chi connectivity index (χ1v) is 9.70. The van der Waals surface area contributed by atoms with Crippen molar-refractivity contribution in [2.45, 2.75) is 52.5 Å². The van der Waals surface area contributed by atoms with Crippen LogP contribution in [0.4, 0.5) is 0 Å². The first-order valence-electron chi connectivity index (χ1n) is 9.70. The highest BCUT2D eigenvalue weighted by molar-refractivity contribution is 5.94. The van der Waals surface area contributed by atoms with E-state index in [2.05, 4.69) is 5.10 Å². The van der Waals surface area contributed by atoms with Gasteiger partial charge in [-0.1, -0.05) is 12.8 Å². The third-order valence-corrected chi connectivity index (χ3v) is 5.23. The molecule has 1 fully saturated rings. The maximum Gasteiger partial charge on any atom is 0.341 e. The van der Waals surface area contributed by atoms with E-state index >= 15 is 0 Å². The van der Waals surface area contributed by atoms with E-state index < -0.39 is 0 Å². The molecule has 0 unspecified atom stereocenters. The Morgan fingerprint density at radius 1 is 1.19 bits per heavy atom. The van der Waals surface area contributed by atoms with E-state index in [-0.39, 0.29) is 11.9 Å². The largest absolute Gasteiger partial charge is 0.462 e. The smallest absolute Gasteiger partial charge is 0.341 e. The Hall–Kier alpha value is -2.63. The van der Waals surface area contributed by atoms with Gasteiger partial charge < -0.3 is 9.64 Å². The molecule has 27 heavy (non-hydrogen) atoms. The number of amides is 1. The van der Waals surface area contributed by atoms with Crippen LogP contribution in [0, 0.1) is 6.92 Å². The SMILES string of the molecule is CCOC(=O)c1cnn(-c2ccc(C(=O)N(CC)C3CCCC3)cc2)c1C. The molecule has 1 aliphatic rings. The van der Waals surface area contributed by atoms with Crippen molar-refractivity contribution in [2.24, 2.45) is 0 Å². The van der Waals surface area contributed by atoms with Gasteiger partial charge in [-0.05, 0) is 57.9 Å². The molecule has 0 aliphatic heterocycles. The monoisotopic (exact) mass is 369 g/mol. The average Bonchev–Trinajstić information content (AvgIpc) is 3.33. The van der Waals surface area contributed by atoms with Gasteiger partial charge >= 0.3 is 5.97 Å². The fraction of sp³-hybridized carbons (Fsp3) is 0.476. The molecule has 0 atom stereocenters. The summed E-state index contributed by atoms with van der Waals surface area (Å²) >= 11 is 0. The first kappa shape index (κ1) is 19.1. The van der Waals surface area contributed by atoms with Gasteiger partial charge in [0.15, 0.2) is 0 Å². The van der Waals surface area contributed by atoms with Crippen molar-refractivity contribution in [2.75, 3.05) is 13.2 Å². The number of ether oxygens (including phenoxy) is 1. The second kappa shape index (κ2) is 8.37. The number of aromatic nitrogens is 2. The molecular formula is C21H27N3O3. The van der Waals surface area contributed by atoms with Gasteiger partial charge in [0.2, 0.25) is 0 Å². The molecule has 144 valence electrons. The lowest BCUT2D eigenvalue weighted by atomic mass is 10.1. The van der Waals surface area contributed by atoms with Gasteiger partial charge in [0.1, 0.15) is 5.56 Å². The number of carbonyl (C=O) groups is 2. The maximum atomic E-state index is 12.9. The molecule has 0 N–H and O–H groups in total. The van der Waals surface area contributed by atoms with Crippen molar-refractivity contribution in [1.29, 1.82) is 0 Å². The Kier molecular flexibility index (Phi) is 5.94. The van der Waals surface area contributed by atoms with Crippen LogP contribution >= 0.6 is 0 Å². The van der Waals surface area contributed by atoms with Gasteiger partial charge in [-0.15, -0.1) is 0 Å². The number of rotatable bonds is 6. The Bertz CT molecular complexity index is 805. The Labute approximate surface area is 160 Å². The maximum absolute atomic E-state index is 12.9. The van der Waals surface area contributed by atoms with Crippen molar-refractivity contribution in [1.82, 2.24) is 14.7 Å². The van der Waals surface area contributed by atoms with Gasteiger partial charge in [0, 0.05) is 18.2 Å². The molecule has 1 amide bonds. The average molecular weight is 369 g/mol. The van der Waals surface area contributed by atoms with Crippen molar-refractivity contribution in [3.63, 3.8) is 0 Å².